The highest BCUT2D eigenvalue weighted by Gasteiger charge is 2.20. The molecule has 1 aliphatic heterocycles. The van der Waals surface area contributed by atoms with Crippen molar-refractivity contribution in [1.82, 2.24) is 26.7 Å². The van der Waals surface area contributed by atoms with Crippen molar-refractivity contribution >= 4 is 41.4 Å². The molecular weight excluding hydrogens is 721 g/mol. The van der Waals surface area contributed by atoms with E-state index in [-0.39, 0.29) is 47.2 Å². The van der Waals surface area contributed by atoms with E-state index in [1.165, 1.54) is 11.8 Å². The van der Waals surface area contributed by atoms with Gasteiger partial charge in [-0.05, 0) is 102 Å². The van der Waals surface area contributed by atoms with E-state index in [1.54, 1.807) is 26.4 Å². The van der Waals surface area contributed by atoms with Crippen LogP contribution in [-0.2, 0) is 54.6 Å². The van der Waals surface area contributed by atoms with E-state index in [1.807, 2.05) is 90.1 Å². The molecule has 0 saturated heterocycles. The summed E-state index contributed by atoms with van der Waals surface area (Å²) in [5.41, 5.74) is 18.9. The number of carbonyl (C=O) groups is 4. The highest BCUT2D eigenvalue weighted by atomic mass is 32.2. The predicted molar refractivity (Wildman–Crippen MR) is 221 cm³/mol. The van der Waals surface area contributed by atoms with Crippen molar-refractivity contribution in [3.63, 3.8) is 0 Å². The average Bonchev–Trinajstić information content (AvgIpc) is 3.57. The number of ether oxygens (including phenoxy) is 2. The number of nitrogens with one attached hydrogen (secondary N) is 5. The summed E-state index contributed by atoms with van der Waals surface area (Å²) in [5.74, 6) is -0.177. The molecule has 0 aromatic heterocycles. The molecule has 14 nitrogen and oxygen atoms in total. The number of allylic oxidation sites excluding steroid dienone is 3. The van der Waals surface area contributed by atoms with E-state index in [0.717, 1.165) is 46.6 Å². The lowest BCUT2D eigenvalue weighted by molar-refractivity contribution is -0.121. The maximum absolute atomic E-state index is 12.5. The largest absolute Gasteiger partial charge is 0.402 e. The first-order valence-corrected chi connectivity index (χ1v) is 18.9. The van der Waals surface area contributed by atoms with Gasteiger partial charge in [-0.2, -0.15) is 5.10 Å². The normalized spacial score (nSPS) is 14.1. The molecule has 4 amide bonds. The molecule has 55 heavy (non-hydrogen) atoms. The maximum Gasteiger partial charge on any atom is 0.229 e. The molecule has 15 heteroatoms. The van der Waals surface area contributed by atoms with Gasteiger partial charge in [0.15, 0.2) is 5.50 Å². The first kappa shape index (κ1) is 48.2. The Hall–Kier alpha value is -4.86. The number of hydrogen-bond acceptors (Lipinski definition) is 11. The molecule has 0 saturated carbocycles. The molecule has 1 aliphatic rings. The Morgan fingerprint density at radius 3 is 1.78 bits per heavy atom. The number of carbonyl (C=O) groups excluding carboxylic acids is 4. The van der Waals surface area contributed by atoms with Crippen molar-refractivity contribution in [2.24, 2.45) is 16.6 Å². The SMILES string of the molecule is COC(C)(C)C.COC(C)(C)C.N/C(=C\C=C(/N)NC(=O)Cc1cccc(CNC=O)c1)CCCCC1=NNC(NC(=O)Cc2cccc(CNC=O)c2)S1. The third-order valence-corrected chi connectivity index (χ3v) is 8.46. The Kier molecular flexibility index (Phi) is 22.8. The summed E-state index contributed by atoms with van der Waals surface area (Å²) in [6.07, 6.45) is 8.03. The summed E-state index contributed by atoms with van der Waals surface area (Å²) in [4.78, 5) is 45.8. The second kappa shape index (κ2) is 26.0. The number of nitrogens with zero attached hydrogens (tertiary/aromatic N) is 1. The van der Waals surface area contributed by atoms with Crippen molar-refractivity contribution in [3.05, 3.63) is 94.5 Å². The van der Waals surface area contributed by atoms with Crippen LogP contribution in [0.4, 0.5) is 0 Å². The number of unbranched alkanes of at least 4 members (excludes halogenated alkanes) is 1. The highest BCUT2D eigenvalue weighted by molar-refractivity contribution is 8.14. The van der Waals surface area contributed by atoms with Crippen molar-refractivity contribution in [1.29, 1.82) is 0 Å². The number of benzene rings is 2. The number of hydrogen-bond donors (Lipinski definition) is 7. The Bertz CT molecular complexity index is 1570. The minimum Gasteiger partial charge on any atom is -0.402 e. The summed E-state index contributed by atoms with van der Waals surface area (Å²) in [6, 6.07) is 14.9. The van der Waals surface area contributed by atoms with Gasteiger partial charge in [0, 0.05) is 33.0 Å². The molecule has 1 heterocycles. The number of thioether (sulfide) groups is 1. The fraction of sp³-hybridized carbons (Fsp3) is 0.475. The first-order valence-electron chi connectivity index (χ1n) is 18.1. The molecule has 1 unspecified atom stereocenters. The zero-order valence-electron chi connectivity index (χ0n) is 33.6. The van der Waals surface area contributed by atoms with Crippen LogP contribution >= 0.6 is 11.8 Å². The van der Waals surface area contributed by atoms with Crippen molar-refractivity contribution in [3.8, 4) is 0 Å². The van der Waals surface area contributed by atoms with E-state index < -0.39 is 0 Å². The number of hydrazone groups is 1. The quantitative estimate of drug-likeness (QED) is 0.0651. The molecule has 0 radical (unpaired) electrons. The topological polar surface area (TPSA) is 211 Å². The zero-order valence-corrected chi connectivity index (χ0v) is 34.4. The number of methoxy groups -OCH3 is 2. The molecule has 0 bridgehead atoms. The van der Waals surface area contributed by atoms with Gasteiger partial charge in [0.25, 0.3) is 0 Å². The van der Waals surface area contributed by atoms with Crippen LogP contribution in [0.1, 0.15) is 89.5 Å². The van der Waals surface area contributed by atoms with Gasteiger partial charge >= 0.3 is 0 Å². The fourth-order valence-corrected chi connectivity index (χ4v) is 5.15. The Labute approximate surface area is 331 Å². The van der Waals surface area contributed by atoms with Crippen LogP contribution in [0.2, 0.25) is 0 Å². The lowest BCUT2D eigenvalue weighted by Gasteiger charge is -2.14. The van der Waals surface area contributed by atoms with E-state index in [2.05, 4.69) is 31.8 Å². The Balaban J connectivity index is 0.00000109. The van der Waals surface area contributed by atoms with Crippen molar-refractivity contribution < 1.29 is 28.7 Å². The molecule has 0 spiro atoms. The summed E-state index contributed by atoms with van der Waals surface area (Å²) in [5, 5.41) is 16.0. The average molecular weight is 783 g/mol. The number of rotatable bonds is 18. The number of amides is 4. The number of nitrogens with two attached hydrogens (primary N) is 2. The van der Waals surface area contributed by atoms with Crippen LogP contribution in [0.5, 0.6) is 0 Å². The minimum atomic E-state index is -0.320. The first-order chi connectivity index (χ1) is 26.0. The summed E-state index contributed by atoms with van der Waals surface area (Å²) in [7, 11) is 3.42. The van der Waals surface area contributed by atoms with Crippen LogP contribution in [0, 0.1) is 0 Å². The smallest absolute Gasteiger partial charge is 0.229 e. The minimum absolute atomic E-state index is 0.0417. The molecule has 1 atom stereocenters. The molecule has 0 aliphatic carbocycles. The standard InChI is InChI=1S/C30H38N8O4S.2C5H12O/c31-25(11-12-26(32)35-27(41)15-21-5-3-7-23(13-21)17-33-19-39)9-1-2-10-29-37-38-30(43-29)36-28(42)16-22-6-4-8-24(14-22)18-34-20-40;2*1-5(2,3)6-4/h3-8,11-14,19-20,30,38H,1-2,9-10,15-18,31-32H2,(H,33,39)(H,34,40)(H,35,41)(H,36,42);2*1-4H3/b25-11-,26-12+;;. The maximum atomic E-state index is 12.5. The predicted octanol–water partition coefficient (Wildman–Crippen LogP) is 4.20. The third kappa shape index (κ3) is 25.0. The van der Waals surface area contributed by atoms with E-state index in [9.17, 15) is 19.2 Å². The van der Waals surface area contributed by atoms with Gasteiger partial charge in [0.05, 0.1) is 29.1 Å². The highest BCUT2D eigenvalue weighted by Crippen LogP contribution is 2.20. The van der Waals surface area contributed by atoms with Gasteiger partial charge in [-0.1, -0.05) is 60.3 Å². The third-order valence-electron chi connectivity index (χ3n) is 7.44. The van der Waals surface area contributed by atoms with Gasteiger partial charge < -0.3 is 42.2 Å². The Morgan fingerprint density at radius 2 is 1.29 bits per heavy atom. The van der Waals surface area contributed by atoms with Gasteiger partial charge in [-0.15, -0.1) is 0 Å². The summed E-state index contributed by atoms with van der Waals surface area (Å²) in [6.45, 7) is 12.9. The lowest BCUT2D eigenvalue weighted by Crippen LogP contribution is -2.39. The van der Waals surface area contributed by atoms with Crippen molar-refractivity contribution in [2.45, 2.75) is 110 Å². The van der Waals surface area contributed by atoms with Crippen LogP contribution in [-0.4, -0.2) is 60.6 Å². The van der Waals surface area contributed by atoms with Crippen LogP contribution in [0.15, 0.2) is 77.3 Å². The van der Waals surface area contributed by atoms with Crippen molar-refractivity contribution in [2.75, 3.05) is 14.2 Å². The van der Waals surface area contributed by atoms with Crippen LogP contribution < -0.4 is 38.2 Å². The van der Waals surface area contributed by atoms with Crippen LogP contribution in [0.3, 0.4) is 0 Å². The summed E-state index contributed by atoms with van der Waals surface area (Å²) < 4.78 is 9.88. The van der Waals surface area contributed by atoms with Gasteiger partial charge in [-0.25, -0.2) is 0 Å². The summed E-state index contributed by atoms with van der Waals surface area (Å²) >= 11 is 1.48. The fourth-order valence-electron chi connectivity index (χ4n) is 4.21. The van der Waals surface area contributed by atoms with Gasteiger partial charge in [0.1, 0.15) is 5.82 Å². The molecule has 2 aromatic carbocycles. The van der Waals surface area contributed by atoms with Gasteiger partial charge in [-0.3, -0.25) is 24.6 Å². The Morgan fingerprint density at radius 1 is 0.800 bits per heavy atom. The zero-order chi connectivity index (χ0) is 41.3. The molecule has 2 aromatic rings. The molecular formula is C40H62N8O6S. The second-order valence-electron chi connectivity index (χ2n) is 14.4. The molecule has 3 rings (SSSR count). The van der Waals surface area contributed by atoms with E-state index in [4.69, 9.17) is 20.9 Å². The monoisotopic (exact) mass is 782 g/mol. The van der Waals surface area contributed by atoms with Gasteiger partial charge in [0.2, 0.25) is 24.6 Å². The van der Waals surface area contributed by atoms with E-state index >= 15 is 0 Å². The molecule has 0 fully saturated rings. The molecule has 9 N–H and O–H groups in total. The van der Waals surface area contributed by atoms with E-state index in [0.29, 0.717) is 38.0 Å². The molecule has 304 valence electrons. The lowest BCUT2D eigenvalue weighted by atomic mass is 10.1. The second-order valence-corrected chi connectivity index (χ2v) is 15.6. The van der Waals surface area contributed by atoms with Crippen LogP contribution in [0.25, 0.3) is 0 Å².